The van der Waals surface area contributed by atoms with Crippen molar-refractivity contribution in [2.75, 3.05) is 10.6 Å². The molecular weight excluding hydrogens is 192 g/mol. The molecule has 0 aliphatic carbocycles. The molecule has 1 aromatic carbocycles. The van der Waals surface area contributed by atoms with Crippen molar-refractivity contribution in [3.8, 4) is 0 Å². The molecular formula is C8H7ClN2O2. The van der Waals surface area contributed by atoms with Gasteiger partial charge in [-0.05, 0) is 18.2 Å². The van der Waals surface area contributed by atoms with Gasteiger partial charge >= 0.3 is 0 Å². The van der Waals surface area contributed by atoms with Crippen LogP contribution in [0.2, 0.25) is 5.02 Å². The van der Waals surface area contributed by atoms with Gasteiger partial charge in [0.05, 0.1) is 10.7 Å². The Hall–Kier alpha value is -1.55. The molecule has 0 aliphatic rings. The zero-order valence-corrected chi connectivity index (χ0v) is 7.34. The highest BCUT2D eigenvalue weighted by atomic mass is 35.5. The van der Waals surface area contributed by atoms with Crippen molar-refractivity contribution in [2.24, 2.45) is 0 Å². The average molecular weight is 199 g/mol. The van der Waals surface area contributed by atoms with Crippen LogP contribution in [0.1, 0.15) is 0 Å². The molecule has 0 saturated carbocycles. The number of hydrogen-bond donors (Lipinski definition) is 2. The monoisotopic (exact) mass is 198 g/mol. The highest BCUT2D eigenvalue weighted by Gasteiger charge is 1.99. The Bertz CT molecular complexity index is 328. The minimum atomic E-state index is 0.420. The van der Waals surface area contributed by atoms with Gasteiger partial charge in [-0.1, -0.05) is 11.6 Å². The van der Waals surface area contributed by atoms with E-state index in [-0.39, 0.29) is 0 Å². The van der Waals surface area contributed by atoms with E-state index in [4.69, 9.17) is 11.6 Å². The third kappa shape index (κ3) is 2.45. The molecule has 0 radical (unpaired) electrons. The van der Waals surface area contributed by atoms with Gasteiger partial charge in [0.1, 0.15) is 0 Å². The molecule has 1 aromatic rings. The summed E-state index contributed by atoms with van der Waals surface area (Å²) in [5.74, 6) is 0. The first-order valence-corrected chi connectivity index (χ1v) is 3.85. The molecule has 0 atom stereocenters. The fourth-order valence-corrected chi connectivity index (χ4v) is 1.03. The van der Waals surface area contributed by atoms with Crippen LogP contribution in [-0.2, 0) is 9.59 Å². The normalized spacial score (nSPS) is 9.00. The second-order valence-electron chi connectivity index (χ2n) is 2.22. The van der Waals surface area contributed by atoms with Gasteiger partial charge in [-0.3, -0.25) is 9.59 Å². The lowest BCUT2D eigenvalue weighted by Gasteiger charge is -2.04. The van der Waals surface area contributed by atoms with Crippen LogP contribution in [0.5, 0.6) is 0 Å². The number of amides is 2. The Morgan fingerprint density at radius 1 is 1.15 bits per heavy atom. The van der Waals surface area contributed by atoms with E-state index >= 15 is 0 Å². The van der Waals surface area contributed by atoms with Crippen LogP contribution in [0.15, 0.2) is 18.2 Å². The Balaban J connectivity index is 2.95. The van der Waals surface area contributed by atoms with E-state index in [1.165, 1.54) is 0 Å². The second-order valence-corrected chi connectivity index (χ2v) is 2.63. The van der Waals surface area contributed by atoms with E-state index in [1.807, 2.05) is 0 Å². The van der Waals surface area contributed by atoms with Crippen molar-refractivity contribution in [2.45, 2.75) is 0 Å². The van der Waals surface area contributed by atoms with E-state index in [0.29, 0.717) is 29.2 Å². The predicted molar refractivity (Wildman–Crippen MR) is 50.8 cm³/mol. The van der Waals surface area contributed by atoms with E-state index in [1.54, 1.807) is 18.2 Å². The van der Waals surface area contributed by atoms with Crippen LogP contribution in [-0.4, -0.2) is 12.8 Å². The van der Waals surface area contributed by atoms with Crippen LogP contribution in [0.25, 0.3) is 0 Å². The first-order valence-electron chi connectivity index (χ1n) is 3.48. The number of carbonyl (C=O) groups is 2. The summed E-state index contributed by atoms with van der Waals surface area (Å²) >= 11 is 5.74. The average Bonchev–Trinajstić information content (AvgIpc) is 2.12. The maximum absolute atomic E-state index is 10.1. The number of anilines is 2. The minimum Gasteiger partial charge on any atom is -0.329 e. The SMILES string of the molecule is O=CNc1ccc(Cl)c(NC=O)c1. The third-order valence-electron chi connectivity index (χ3n) is 1.41. The first-order chi connectivity index (χ1) is 6.27. The summed E-state index contributed by atoms with van der Waals surface area (Å²) in [7, 11) is 0. The molecule has 0 saturated heterocycles. The van der Waals surface area contributed by atoms with Gasteiger partial charge in [-0.25, -0.2) is 0 Å². The largest absolute Gasteiger partial charge is 0.329 e. The molecule has 0 unspecified atom stereocenters. The molecule has 0 bridgehead atoms. The molecule has 68 valence electrons. The summed E-state index contributed by atoms with van der Waals surface area (Å²) in [6.45, 7) is 0. The summed E-state index contributed by atoms with van der Waals surface area (Å²) in [6, 6.07) is 4.77. The molecule has 0 heterocycles. The number of hydrogen-bond acceptors (Lipinski definition) is 2. The van der Waals surface area contributed by atoms with Gasteiger partial charge in [0, 0.05) is 5.69 Å². The van der Waals surface area contributed by atoms with Crippen molar-refractivity contribution in [3.05, 3.63) is 23.2 Å². The number of carbonyl (C=O) groups excluding carboxylic acids is 2. The number of nitrogens with one attached hydrogen (secondary N) is 2. The first kappa shape index (κ1) is 9.54. The van der Waals surface area contributed by atoms with E-state index in [9.17, 15) is 9.59 Å². The van der Waals surface area contributed by atoms with E-state index in [2.05, 4.69) is 10.6 Å². The maximum Gasteiger partial charge on any atom is 0.211 e. The zero-order valence-electron chi connectivity index (χ0n) is 6.58. The summed E-state index contributed by atoms with van der Waals surface area (Å²) in [5, 5.41) is 5.26. The fourth-order valence-electron chi connectivity index (χ4n) is 0.857. The molecule has 4 nitrogen and oxygen atoms in total. The zero-order chi connectivity index (χ0) is 9.68. The van der Waals surface area contributed by atoms with Crippen molar-refractivity contribution in [1.29, 1.82) is 0 Å². The summed E-state index contributed by atoms with van der Waals surface area (Å²) in [6.07, 6.45) is 1.07. The molecule has 0 aliphatic heterocycles. The highest BCUT2D eigenvalue weighted by Crippen LogP contribution is 2.24. The standard InChI is InChI=1S/C8H7ClN2O2/c9-7-2-1-6(10-4-12)3-8(7)11-5-13/h1-5H,(H,10,12)(H,11,13). The molecule has 13 heavy (non-hydrogen) atoms. The summed E-state index contributed by atoms with van der Waals surface area (Å²) < 4.78 is 0. The molecule has 5 heteroatoms. The maximum atomic E-state index is 10.1. The Labute approximate surface area is 79.9 Å². The van der Waals surface area contributed by atoms with Crippen LogP contribution in [0.4, 0.5) is 11.4 Å². The Morgan fingerprint density at radius 2 is 1.85 bits per heavy atom. The quantitative estimate of drug-likeness (QED) is 0.720. The number of benzene rings is 1. The second kappa shape index (κ2) is 4.47. The lowest BCUT2D eigenvalue weighted by atomic mass is 10.3. The highest BCUT2D eigenvalue weighted by molar-refractivity contribution is 6.33. The topological polar surface area (TPSA) is 58.2 Å². The third-order valence-corrected chi connectivity index (χ3v) is 1.74. The van der Waals surface area contributed by atoms with Crippen molar-refractivity contribution < 1.29 is 9.59 Å². The molecule has 1 rings (SSSR count). The van der Waals surface area contributed by atoms with Crippen molar-refractivity contribution in [1.82, 2.24) is 0 Å². The smallest absolute Gasteiger partial charge is 0.211 e. The molecule has 2 amide bonds. The summed E-state index contributed by atoms with van der Waals surface area (Å²) in [4.78, 5) is 20.2. The van der Waals surface area contributed by atoms with Crippen LogP contribution < -0.4 is 10.6 Å². The molecule has 0 aromatic heterocycles. The van der Waals surface area contributed by atoms with Crippen LogP contribution in [0, 0.1) is 0 Å². The van der Waals surface area contributed by atoms with Crippen molar-refractivity contribution in [3.63, 3.8) is 0 Å². The molecule has 2 N–H and O–H groups in total. The fraction of sp³-hybridized carbons (Fsp3) is 0. The van der Waals surface area contributed by atoms with Crippen molar-refractivity contribution >= 4 is 35.8 Å². The van der Waals surface area contributed by atoms with Gasteiger partial charge in [0.2, 0.25) is 12.8 Å². The lowest BCUT2D eigenvalue weighted by molar-refractivity contribution is -0.106. The minimum absolute atomic E-state index is 0.420. The number of halogens is 1. The molecule has 0 spiro atoms. The Morgan fingerprint density at radius 3 is 2.46 bits per heavy atom. The van der Waals surface area contributed by atoms with E-state index < -0.39 is 0 Å². The van der Waals surface area contributed by atoms with Gasteiger partial charge in [0.15, 0.2) is 0 Å². The molecule has 0 fully saturated rings. The van der Waals surface area contributed by atoms with Gasteiger partial charge < -0.3 is 10.6 Å². The van der Waals surface area contributed by atoms with E-state index in [0.717, 1.165) is 0 Å². The van der Waals surface area contributed by atoms with Gasteiger partial charge in [0.25, 0.3) is 0 Å². The Kier molecular flexibility index (Phi) is 3.28. The summed E-state index contributed by atoms with van der Waals surface area (Å²) in [5.41, 5.74) is 1.03. The van der Waals surface area contributed by atoms with Crippen LogP contribution >= 0.6 is 11.6 Å². The van der Waals surface area contributed by atoms with Crippen LogP contribution in [0.3, 0.4) is 0 Å². The van der Waals surface area contributed by atoms with Gasteiger partial charge in [-0.15, -0.1) is 0 Å². The predicted octanol–water partition coefficient (Wildman–Crippen LogP) is 1.48. The van der Waals surface area contributed by atoms with Gasteiger partial charge in [-0.2, -0.15) is 0 Å². The lowest BCUT2D eigenvalue weighted by Crippen LogP contribution is -1.98. The number of rotatable bonds is 4.